The number of ether oxygens (including phenoxy) is 4. The summed E-state index contributed by atoms with van der Waals surface area (Å²) in [7, 11) is 0. The lowest BCUT2D eigenvalue weighted by Gasteiger charge is -2.34. The van der Waals surface area contributed by atoms with E-state index in [0.29, 0.717) is 43.8 Å². The number of nitrogens with zero attached hydrogens (tertiary/aromatic N) is 2. The maximum absolute atomic E-state index is 13.2. The van der Waals surface area contributed by atoms with Crippen LogP contribution in [0.5, 0.6) is 0 Å². The lowest BCUT2D eigenvalue weighted by molar-refractivity contribution is -0.156. The van der Waals surface area contributed by atoms with E-state index in [4.69, 9.17) is 34.8 Å². The highest BCUT2D eigenvalue weighted by molar-refractivity contribution is 7.09. The van der Waals surface area contributed by atoms with Crippen molar-refractivity contribution in [3.8, 4) is 0 Å². The molecular weight excluding hydrogens is 945 g/mol. The standard InChI is InChI=1S/C27H40N2O7.C27H40N2O6S/c1-15-8-7-9-27(6)21(36-27)11-19(16(2)10-18-14-34-22(13-28)29-18)35-23(31)12-20(30)26(4,5)25(33)17(3)24(15)32;1-15-8-7-9-27(6)21(35-27)11-19(16(2)10-18-14-36-22(13-28)29-18)34-23(31)12-20(30)26(4,5)25(33)17(3)24(15)32/h2*7-8,10,14-15,17,19-21,24,30,32H,9,11-13,28H2,1-6H3/b2*8-7+,16-10+/t2*15-,17+,19-,20-,21?,24-,27?/m00/s1. The van der Waals surface area contributed by atoms with Crippen LogP contribution in [0, 0.1) is 34.5 Å². The van der Waals surface area contributed by atoms with Gasteiger partial charge in [-0.1, -0.05) is 79.7 Å². The highest BCUT2D eigenvalue weighted by atomic mass is 32.1. The fourth-order valence-corrected chi connectivity index (χ4v) is 10.1. The van der Waals surface area contributed by atoms with Crippen molar-refractivity contribution >= 4 is 47.0 Å². The third kappa shape index (κ3) is 14.5. The molecule has 0 saturated carbocycles. The first-order valence-electron chi connectivity index (χ1n) is 25.1. The summed E-state index contributed by atoms with van der Waals surface area (Å²) in [6.45, 7) is 21.7. The Balaban J connectivity index is 0.000000267. The lowest BCUT2D eigenvalue weighted by atomic mass is 9.73. The molecule has 0 aliphatic carbocycles. The number of hydrogen-bond acceptors (Lipinski definition) is 18. The lowest BCUT2D eigenvalue weighted by Crippen LogP contribution is -2.45. The molecule has 0 aromatic carbocycles. The number of thiazole rings is 1. The van der Waals surface area contributed by atoms with Gasteiger partial charge in [0.25, 0.3) is 0 Å². The van der Waals surface area contributed by atoms with Crippen molar-refractivity contribution in [2.75, 3.05) is 0 Å². The van der Waals surface area contributed by atoms with Gasteiger partial charge in [0.15, 0.2) is 0 Å². The predicted molar refractivity (Wildman–Crippen MR) is 272 cm³/mol. The van der Waals surface area contributed by atoms with Crippen LogP contribution >= 0.6 is 11.3 Å². The number of rotatable bonds is 6. The van der Waals surface area contributed by atoms with E-state index in [1.54, 1.807) is 47.6 Å². The van der Waals surface area contributed by atoms with Crippen molar-refractivity contribution in [2.24, 2.45) is 46.0 Å². The fourth-order valence-electron chi connectivity index (χ4n) is 9.42. The Morgan fingerprint density at radius 3 is 1.50 bits per heavy atom. The number of aromatic nitrogens is 2. The number of hydrogen-bond donors (Lipinski definition) is 6. The van der Waals surface area contributed by atoms with Crippen LogP contribution < -0.4 is 11.5 Å². The highest BCUT2D eigenvalue weighted by Crippen LogP contribution is 2.45. The summed E-state index contributed by atoms with van der Waals surface area (Å²) in [5.74, 6) is -3.40. The number of aliphatic hydroxyl groups is 4. The molecule has 14 atom stereocenters. The largest absolute Gasteiger partial charge is 0.458 e. The number of fused-ring (bicyclic) bond motifs is 2. The molecule has 17 nitrogen and oxygen atoms in total. The second-order valence-electron chi connectivity index (χ2n) is 21.9. The molecule has 4 aliphatic rings. The summed E-state index contributed by atoms with van der Waals surface area (Å²) in [5.41, 5.74) is 10.8. The molecule has 6 rings (SSSR count). The van der Waals surface area contributed by atoms with Crippen LogP contribution in [0.2, 0.25) is 0 Å². The van der Waals surface area contributed by atoms with Gasteiger partial charge in [-0.2, -0.15) is 0 Å². The average Bonchev–Trinajstić information content (AvgIpc) is 3.92. The van der Waals surface area contributed by atoms with E-state index in [9.17, 15) is 39.6 Å². The van der Waals surface area contributed by atoms with E-state index in [-0.39, 0.29) is 55.0 Å². The van der Waals surface area contributed by atoms with Crippen molar-refractivity contribution in [1.82, 2.24) is 9.97 Å². The van der Waals surface area contributed by atoms with Crippen LogP contribution in [-0.4, -0.2) is 114 Å². The highest BCUT2D eigenvalue weighted by Gasteiger charge is 2.54. The van der Waals surface area contributed by atoms with Crippen LogP contribution in [0.25, 0.3) is 12.2 Å². The van der Waals surface area contributed by atoms with Gasteiger partial charge >= 0.3 is 11.9 Å². The Morgan fingerprint density at radius 2 is 1.11 bits per heavy atom. The number of carbonyl (C=O) groups is 4. The first-order chi connectivity index (χ1) is 33.6. The Morgan fingerprint density at radius 1 is 0.681 bits per heavy atom. The van der Waals surface area contributed by atoms with Crippen molar-refractivity contribution in [2.45, 2.75) is 195 Å². The number of carbonyl (C=O) groups excluding carboxylic acids is 4. The van der Waals surface area contributed by atoms with Crippen molar-refractivity contribution in [1.29, 1.82) is 0 Å². The molecule has 0 spiro atoms. The molecule has 2 aromatic heterocycles. The predicted octanol–water partition coefficient (Wildman–Crippen LogP) is 6.34. The number of aliphatic hydroxyl groups excluding tert-OH is 4. The number of Topliss-reactive ketones (excluding diaryl/α,β-unsaturated/α-hetero) is 2. The molecule has 2 saturated heterocycles. The number of epoxide rings is 2. The number of cyclic esters (lactones) is 2. The van der Waals surface area contributed by atoms with Crippen LogP contribution in [0.1, 0.15) is 144 Å². The second kappa shape index (κ2) is 24.0. The summed E-state index contributed by atoms with van der Waals surface area (Å²) in [6.07, 6.45) is 8.50. The molecule has 4 unspecified atom stereocenters. The fraction of sp³-hybridized carbons (Fsp3) is 0.667. The molecular formula is C54H80N4O13S. The second-order valence-corrected chi connectivity index (χ2v) is 22.9. The van der Waals surface area contributed by atoms with E-state index >= 15 is 0 Å². The van der Waals surface area contributed by atoms with E-state index in [1.807, 2.05) is 77.3 Å². The smallest absolute Gasteiger partial charge is 0.309 e. The van der Waals surface area contributed by atoms with Gasteiger partial charge in [0.2, 0.25) is 5.89 Å². The Labute approximate surface area is 428 Å². The van der Waals surface area contributed by atoms with Gasteiger partial charge in [-0.15, -0.1) is 11.3 Å². The molecule has 0 radical (unpaired) electrons. The summed E-state index contributed by atoms with van der Waals surface area (Å²) < 4.78 is 29.0. The molecule has 72 heavy (non-hydrogen) atoms. The number of esters is 2. The molecule has 0 amide bonds. The zero-order chi connectivity index (χ0) is 53.7. The van der Waals surface area contributed by atoms with Gasteiger partial charge in [-0.05, 0) is 63.8 Å². The van der Waals surface area contributed by atoms with Crippen LogP contribution in [-0.2, 0) is 51.2 Å². The summed E-state index contributed by atoms with van der Waals surface area (Å²) in [5, 5.41) is 46.0. The topological polar surface area (TPSA) is 284 Å². The maximum atomic E-state index is 13.2. The number of ketones is 2. The summed E-state index contributed by atoms with van der Waals surface area (Å²) in [4.78, 5) is 61.0. The van der Waals surface area contributed by atoms with E-state index in [1.165, 1.54) is 17.6 Å². The molecule has 2 aromatic rings. The minimum Gasteiger partial charge on any atom is -0.458 e. The Kier molecular flexibility index (Phi) is 19.5. The molecule has 18 heteroatoms. The average molecular weight is 1030 g/mol. The van der Waals surface area contributed by atoms with Crippen molar-refractivity contribution in [3.05, 3.63) is 69.4 Å². The molecule has 0 bridgehead atoms. The monoisotopic (exact) mass is 1020 g/mol. The van der Waals surface area contributed by atoms with Gasteiger partial charge in [0.05, 0.1) is 83.7 Å². The third-order valence-electron chi connectivity index (χ3n) is 15.2. The summed E-state index contributed by atoms with van der Waals surface area (Å²) in [6, 6.07) is 0. The normalized spacial score (nSPS) is 37.2. The summed E-state index contributed by atoms with van der Waals surface area (Å²) >= 11 is 1.47. The minimum atomic E-state index is -1.28. The molecule has 2 fully saturated rings. The van der Waals surface area contributed by atoms with E-state index in [2.05, 4.69) is 9.97 Å². The number of nitrogens with two attached hydrogens (primary N) is 2. The first-order valence-corrected chi connectivity index (χ1v) is 26.0. The molecule has 4 aliphatic heterocycles. The van der Waals surface area contributed by atoms with Gasteiger partial charge in [-0.3, -0.25) is 19.2 Å². The van der Waals surface area contributed by atoms with Crippen molar-refractivity contribution < 1.29 is 63.0 Å². The Bertz CT molecular complexity index is 2190. The SMILES string of the molecule is C/C(=C\c1coc(CN)n1)[C@@H]1CC2OC2(C)C/C=C/[C@H](C)[C@H](O)[C@@H](C)C(=O)C(C)(C)[C@@H](O)CC(=O)O1.C/C(=C\c1csc(CN)n1)[C@@H]1CC2OC2(C)C/C=C/[C@H](C)[C@H](O)[C@@H](C)C(=O)C(C)(C)[C@@H](O)CC(=O)O1. The minimum absolute atomic E-state index is 0.117. The van der Waals surface area contributed by atoms with Gasteiger partial charge in [0.1, 0.15) is 40.7 Å². The molecule has 8 N–H and O–H groups in total. The third-order valence-corrected chi connectivity index (χ3v) is 16.1. The van der Waals surface area contributed by atoms with Gasteiger partial charge < -0.3 is 55.3 Å². The maximum Gasteiger partial charge on any atom is 0.309 e. The van der Waals surface area contributed by atoms with Crippen LogP contribution in [0.4, 0.5) is 0 Å². The number of oxazole rings is 1. The van der Waals surface area contributed by atoms with Crippen molar-refractivity contribution in [3.63, 3.8) is 0 Å². The van der Waals surface area contributed by atoms with Crippen LogP contribution in [0.3, 0.4) is 0 Å². The van der Waals surface area contributed by atoms with Crippen LogP contribution in [0.15, 0.2) is 51.5 Å². The van der Waals surface area contributed by atoms with Gasteiger partial charge in [0, 0.05) is 48.4 Å². The van der Waals surface area contributed by atoms with E-state index < -0.39 is 82.4 Å². The molecule has 6 heterocycles. The van der Waals surface area contributed by atoms with E-state index in [0.717, 1.165) is 21.8 Å². The van der Waals surface area contributed by atoms with Gasteiger partial charge in [-0.25, -0.2) is 9.97 Å². The Hall–Kier alpha value is -4.24. The molecule has 400 valence electrons. The first kappa shape index (κ1) is 58.6. The zero-order valence-corrected chi connectivity index (χ0v) is 44.9. The quantitative estimate of drug-likeness (QED) is 0.105. The zero-order valence-electron chi connectivity index (χ0n) is 44.1.